The van der Waals surface area contributed by atoms with Gasteiger partial charge in [0.1, 0.15) is 23.1 Å². The maximum Gasteiger partial charge on any atom is 0.410 e. The molecule has 0 aromatic carbocycles. The van der Waals surface area contributed by atoms with Gasteiger partial charge in [-0.25, -0.2) is 9.78 Å². The molecule has 1 fully saturated rings. The standard InChI is InChI=1S/C15H18N2O3/c1-5-11-6-7-12(8-16-11)19-13-9-17(10-13)14(18)20-15(2,3)4/h1,6-8,13H,9-10H2,2-4H3. The predicted molar refractivity (Wildman–Crippen MR) is 74.4 cm³/mol. The van der Waals surface area contributed by atoms with E-state index in [1.54, 1.807) is 23.2 Å². The Morgan fingerprint density at radius 3 is 2.65 bits per heavy atom. The van der Waals surface area contributed by atoms with Crippen LogP contribution in [0, 0.1) is 12.3 Å². The van der Waals surface area contributed by atoms with Gasteiger partial charge in [0.25, 0.3) is 0 Å². The van der Waals surface area contributed by atoms with E-state index in [2.05, 4.69) is 10.9 Å². The molecule has 0 atom stereocenters. The van der Waals surface area contributed by atoms with E-state index in [0.717, 1.165) is 0 Å². The van der Waals surface area contributed by atoms with E-state index in [4.69, 9.17) is 15.9 Å². The molecule has 106 valence electrons. The lowest BCUT2D eigenvalue weighted by Gasteiger charge is -2.39. The van der Waals surface area contributed by atoms with Gasteiger partial charge >= 0.3 is 6.09 Å². The molecule has 0 aliphatic carbocycles. The fourth-order valence-corrected chi connectivity index (χ4v) is 1.72. The van der Waals surface area contributed by atoms with E-state index in [1.807, 2.05) is 20.8 Å². The first-order valence-corrected chi connectivity index (χ1v) is 6.44. The van der Waals surface area contributed by atoms with Crippen molar-refractivity contribution in [3.63, 3.8) is 0 Å². The topological polar surface area (TPSA) is 51.7 Å². The number of ether oxygens (including phenoxy) is 2. The lowest BCUT2D eigenvalue weighted by molar-refractivity contribution is -0.0222. The van der Waals surface area contributed by atoms with Gasteiger partial charge in [0.2, 0.25) is 0 Å². The van der Waals surface area contributed by atoms with Crippen LogP contribution in [-0.4, -0.2) is 40.8 Å². The van der Waals surface area contributed by atoms with Crippen LogP contribution in [-0.2, 0) is 4.74 Å². The Labute approximate surface area is 118 Å². The number of aromatic nitrogens is 1. The van der Waals surface area contributed by atoms with Crippen LogP contribution >= 0.6 is 0 Å². The summed E-state index contributed by atoms with van der Waals surface area (Å²) in [4.78, 5) is 17.4. The average molecular weight is 274 g/mol. The Bertz CT molecular complexity index is 520. The van der Waals surface area contributed by atoms with Crippen molar-refractivity contribution in [3.05, 3.63) is 24.0 Å². The first-order chi connectivity index (χ1) is 9.37. The van der Waals surface area contributed by atoms with Crippen molar-refractivity contribution in [1.82, 2.24) is 9.88 Å². The van der Waals surface area contributed by atoms with E-state index in [9.17, 15) is 4.79 Å². The van der Waals surface area contributed by atoms with E-state index in [1.165, 1.54) is 0 Å². The van der Waals surface area contributed by atoms with Gasteiger partial charge in [-0.2, -0.15) is 0 Å². The highest BCUT2D eigenvalue weighted by Gasteiger charge is 2.35. The normalized spacial score (nSPS) is 15.2. The number of pyridine rings is 1. The summed E-state index contributed by atoms with van der Waals surface area (Å²) in [7, 11) is 0. The van der Waals surface area contributed by atoms with Crippen LogP contribution in [0.15, 0.2) is 18.3 Å². The molecule has 0 N–H and O–H groups in total. The van der Waals surface area contributed by atoms with E-state index < -0.39 is 5.60 Å². The van der Waals surface area contributed by atoms with E-state index in [-0.39, 0.29) is 12.2 Å². The van der Waals surface area contributed by atoms with Crippen molar-refractivity contribution in [3.8, 4) is 18.1 Å². The van der Waals surface area contributed by atoms with Crippen LogP contribution in [0.25, 0.3) is 0 Å². The molecule has 1 aromatic rings. The zero-order chi connectivity index (χ0) is 14.8. The van der Waals surface area contributed by atoms with E-state index in [0.29, 0.717) is 24.5 Å². The molecule has 1 aromatic heterocycles. The lowest BCUT2D eigenvalue weighted by atomic mass is 10.1. The number of amides is 1. The Balaban J connectivity index is 1.79. The van der Waals surface area contributed by atoms with Crippen molar-refractivity contribution in [2.24, 2.45) is 0 Å². The third kappa shape index (κ3) is 3.64. The molecule has 20 heavy (non-hydrogen) atoms. The van der Waals surface area contributed by atoms with Crippen molar-refractivity contribution in [1.29, 1.82) is 0 Å². The first-order valence-electron chi connectivity index (χ1n) is 6.44. The fraction of sp³-hybridized carbons (Fsp3) is 0.467. The Morgan fingerprint density at radius 2 is 2.15 bits per heavy atom. The smallest absolute Gasteiger partial charge is 0.410 e. The third-order valence-electron chi connectivity index (χ3n) is 2.69. The van der Waals surface area contributed by atoms with Gasteiger partial charge in [0.15, 0.2) is 0 Å². The summed E-state index contributed by atoms with van der Waals surface area (Å²) in [6, 6.07) is 3.50. The lowest BCUT2D eigenvalue weighted by Crippen LogP contribution is -2.57. The van der Waals surface area contributed by atoms with Crippen molar-refractivity contribution in [2.75, 3.05) is 13.1 Å². The molecule has 1 aliphatic rings. The SMILES string of the molecule is C#Cc1ccc(OC2CN(C(=O)OC(C)(C)C)C2)cn1. The summed E-state index contributed by atoms with van der Waals surface area (Å²) in [5, 5.41) is 0. The molecule has 1 amide bonds. The average Bonchev–Trinajstić information content (AvgIpc) is 2.31. The zero-order valence-electron chi connectivity index (χ0n) is 11.9. The van der Waals surface area contributed by atoms with Crippen molar-refractivity contribution >= 4 is 6.09 Å². The summed E-state index contributed by atoms with van der Waals surface area (Å²) in [6.07, 6.45) is 6.48. The first kappa shape index (κ1) is 14.2. The molecule has 1 saturated heterocycles. The van der Waals surface area contributed by atoms with Crippen molar-refractivity contribution in [2.45, 2.75) is 32.5 Å². The number of hydrogen-bond acceptors (Lipinski definition) is 4. The van der Waals surface area contributed by atoms with Crippen LogP contribution < -0.4 is 4.74 Å². The Kier molecular flexibility index (Phi) is 3.84. The zero-order valence-corrected chi connectivity index (χ0v) is 11.9. The molecule has 2 heterocycles. The predicted octanol–water partition coefficient (Wildman–Crippen LogP) is 2.06. The highest BCUT2D eigenvalue weighted by atomic mass is 16.6. The van der Waals surface area contributed by atoms with Crippen molar-refractivity contribution < 1.29 is 14.3 Å². The highest BCUT2D eigenvalue weighted by molar-refractivity contribution is 5.69. The minimum absolute atomic E-state index is 0.0268. The third-order valence-corrected chi connectivity index (χ3v) is 2.69. The van der Waals surface area contributed by atoms with Gasteiger partial charge in [-0.15, -0.1) is 6.42 Å². The number of nitrogens with zero attached hydrogens (tertiary/aromatic N) is 2. The maximum atomic E-state index is 11.7. The van der Waals surface area contributed by atoms with Crippen LogP contribution in [0.1, 0.15) is 26.5 Å². The summed E-state index contributed by atoms with van der Waals surface area (Å²) >= 11 is 0. The minimum Gasteiger partial charge on any atom is -0.485 e. The monoisotopic (exact) mass is 274 g/mol. The Hall–Kier alpha value is -2.22. The highest BCUT2D eigenvalue weighted by Crippen LogP contribution is 2.19. The molecule has 0 saturated carbocycles. The number of carbonyl (C=O) groups is 1. The molecule has 0 bridgehead atoms. The largest absolute Gasteiger partial charge is 0.485 e. The second kappa shape index (κ2) is 5.41. The van der Waals surface area contributed by atoms with Crippen LogP contribution in [0.5, 0.6) is 5.75 Å². The number of likely N-dealkylation sites (tertiary alicyclic amines) is 1. The van der Waals surface area contributed by atoms with Crippen LogP contribution in [0.4, 0.5) is 4.79 Å². The van der Waals surface area contributed by atoms with Gasteiger partial charge in [-0.05, 0) is 32.9 Å². The molecular formula is C15H18N2O3. The number of hydrogen-bond donors (Lipinski definition) is 0. The quantitative estimate of drug-likeness (QED) is 0.775. The molecule has 0 radical (unpaired) electrons. The fourth-order valence-electron chi connectivity index (χ4n) is 1.72. The van der Waals surface area contributed by atoms with E-state index >= 15 is 0 Å². The van der Waals surface area contributed by atoms with Gasteiger partial charge in [0.05, 0.1) is 19.3 Å². The molecule has 2 rings (SSSR count). The number of rotatable bonds is 2. The molecular weight excluding hydrogens is 256 g/mol. The van der Waals surface area contributed by atoms with Gasteiger partial charge in [0, 0.05) is 0 Å². The molecule has 5 nitrogen and oxygen atoms in total. The van der Waals surface area contributed by atoms with Gasteiger partial charge < -0.3 is 14.4 Å². The summed E-state index contributed by atoms with van der Waals surface area (Å²) in [6.45, 7) is 6.57. The molecule has 1 aliphatic heterocycles. The van der Waals surface area contributed by atoms with Crippen LogP contribution in [0.3, 0.4) is 0 Å². The molecule has 0 spiro atoms. The second-order valence-electron chi connectivity index (χ2n) is 5.65. The minimum atomic E-state index is -0.474. The summed E-state index contributed by atoms with van der Waals surface area (Å²) in [5.74, 6) is 3.09. The van der Waals surface area contributed by atoms with Gasteiger partial charge in [-0.1, -0.05) is 5.92 Å². The molecule has 5 heteroatoms. The summed E-state index contributed by atoms with van der Waals surface area (Å²) in [5.41, 5.74) is 0.0965. The summed E-state index contributed by atoms with van der Waals surface area (Å²) < 4.78 is 10.9. The number of carbonyl (C=O) groups excluding carboxylic acids is 1. The number of terminal acetylenes is 1. The molecule has 0 unspecified atom stereocenters. The second-order valence-corrected chi connectivity index (χ2v) is 5.65. The van der Waals surface area contributed by atoms with Gasteiger partial charge in [-0.3, -0.25) is 0 Å². The van der Waals surface area contributed by atoms with Crippen LogP contribution in [0.2, 0.25) is 0 Å². The Morgan fingerprint density at radius 1 is 1.45 bits per heavy atom. The maximum absolute atomic E-state index is 11.7.